The summed E-state index contributed by atoms with van der Waals surface area (Å²) in [5, 5.41) is 6.94. The van der Waals surface area contributed by atoms with Gasteiger partial charge in [0.1, 0.15) is 0 Å². The Morgan fingerprint density at radius 3 is 3.00 bits per heavy atom. The van der Waals surface area contributed by atoms with Crippen LogP contribution in [0.15, 0.2) is 24.5 Å². The number of carbonyl (C=O) groups excluding carboxylic acids is 1. The van der Waals surface area contributed by atoms with Crippen LogP contribution in [-0.2, 0) is 0 Å². The van der Waals surface area contributed by atoms with E-state index in [-0.39, 0.29) is 11.9 Å². The van der Waals surface area contributed by atoms with Crippen LogP contribution < -0.4 is 0 Å². The zero-order chi connectivity index (χ0) is 12.0. The molecule has 0 fully saturated rings. The summed E-state index contributed by atoms with van der Waals surface area (Å²) in [6.45, 7) is 1.93. The molecule has 0 bridgehead atoms. The lowest BCUT2D eigenvalue weighted by molar-refractivity contribution is 0.0787. The SMILES string of the molecule is Cc1[nH]nc2c1C(c1cccnc1)N(C)C2=O. The summed E-state index contributed by atoms with van der Waals surface area (Å²) in [6.07, 6.45) is 3.51. The molecule has 1 aliphatic rings. The lowest BCUT2D eigenvalue weighted by atomic mass is 10.0. The van der Waals surface area contributed by atoms with E-state index in [2.05, 4.69) is 15.2 Å². The average Bonchev–Trinajstić information content (AvgIpc) is 2.83. The third-order valence-electron chi connectivity index (χ3n) is 3.18. The number of rotatable bonds is 1. The molecule has 2 aromatic heterocycles. The molecule has 0 aromatic carbocycles. The van der Waals surface area contributed by atoms with Crippen molar-refractivity contribution in [2.75, 3.05) is 7.05 Å². The van der Waals surface area contributed by atoms with Crippen molar-refractivity contribution in [1.29, 1.82) is 0 Å². The molecule has 3 heterocycles. The molecular weight excluding hydrogens is 216 g/mol. The second-order valence-electron chi connectivity index (χ2n) is 4.22. The van der Waals surface area contributed by atoms with Gasteiger partial charge in [0.2, 0.25) is 0 Å². The highest BCUT2D eigenvalue weighted by Gasteiger charge is 2.39. The van der Waals surface area contributed by atoms with Gasteiger partial charge in [0.05, 0.1) is 6.04 Å². The Balaban J connectivity index is 2.18. The Kier molecular flexibility index (Phi) is 2.01. The second kappa shape index (κ2) is 3.41. The number of aromatic nitrogens is 3. The lowest BCUT2D eigenvalue weighted by Crippen LogP contribution is -2.24. The van der Waals surface area contributed by atoms with Crippen molar-refractivity contribution in [3.05, 3.63) is 47.0 Å². The molecule has 0 saturated carbocycles. The lowest BCUT2D eigenvalue weighted by Gasteiger charge is -2.20. The summed E-state index contributed by atoms with van der Waals surface area (Å²) in [5.74, 6) is -0.0433. The topological polar surface area (TPSA) is 61.9 Å². The van der Waals surface area contributed by atoms with Gasteiger partial charge in [-0.25, -0.2) is 0 Å². The van der Waals surface area contributed by atoms with E-state index in [0.29, 0.717) is 5.69 Å². The highest BCUT2D eigenvalue weighted by molar-refractivity contribution is 5.98. The van der Waals surface area contributed by atoms with Crippen molar-refractivity contribution in [3.8, 4) is 0 Å². The first kappa shape index (κ1) is 10.0. The fourth-order valence-corrected chi connectivity index (χ4v) is 2.34. The van der Waals surface area contributed by atoms with Gasteiger partial charge >= 0.3 is 0 Å². The summed E-state index contributed by atoms with van der Waals surface area (Å²) in [6, 6.07) is 3.77. The smallest absolute Gasteiger partial charge is 0.275 e. The second-order valence-corrected chi connectivity index (χ2v) is 4.22. The van der Waals surface area contributed by atoms with Crippen LogP contribution in [-0.4, -0.2) is 33.0 Å². The van der Waals surface area contributed by atoms with Crippen LogP contribution >= 0.6 is 0 Å². The van der Waals surface area contributed by atoms with Crippen molar-refractivity contribution in [2.24, 2.45) is 0 Å². The Bertz CT molecular complexity index is 575. The maximum absolute atomic E-state index is 12.0. The molecule has 3 rings (SSSR count). The van der Waals surface area contributed by atoms with Crippen LogP contribution in [0.2, 0.25) is 0 Å². The van der Waals surface area contributed by atoms with Crippen molar-refractivity contribution in [3.63, 3.8) is 0 Å². The normalized spacial score (nSPS) is 18.6. The summed E-state index contributed by atoms with van der Waals surface area (Å²) in [5.41, 5.74) is 3.43. The molecule has 0 radical (unpaired) electrons. The molecule has 0 saturated heterocycles. The molecule has 5 nitrogen and oxygen atoms in total. The number of pyridine rings is 1. The largest absolute Gasteiger partial charge is 0.329 e. The van der Waals surface area contributed by atoms with Crippen LogP contribution in [0.3, 0.4) is 0 Å². The molecule has 0 aliphatic carbocycles. The van der Waals surface area contributed by atoms with Gasteiger partial charge in [-0.3, -0.25) is 14.9 Å². The zero-order valence-corrected chi connectivity index (χ0v) is 9.64. The van der Waals surface area contributed by atoms with Crippen LogP contribution in [0.4, 0.5) is 0 Å². The maximum atomic E-state index is 12.0. The first-order valence-electron chi connectivity index (χ1n) is 5.42. The third kappa shape index (κ3) is 1.28. The first-order chi connectivity index (χ1) is 8.20. The Morgan fingerprint density at radius 1 is 1.47 bits per heavy atom. The van der Waals surface area contributed by atoms with E-state index in [0.717, 1.165) is 16.8 Å². The number of fused-ring (bicyclic) bond motifs is 1. The third-order valence-corrected chi connectivity index (χ3v) is 3.18. The van der Waals surface area contributed by atoms with Crippen LogP contribution in [0.5, 0.6) is 0 Å². The summed E-state index contributed by atoms with van der Waals surface area (Å²) in [7, 11) is 1.79. The summed E-state index contributed by atoms with van der Waals surface area (Å²) < 4.78 is 0. The van der Waals surface area contributed by atoms with Crippen molar-refractivity contribution in [2.45, 2.75) is 13.0 Å². The van der Waals surface area contributed by atoms with E-state index in [9.17, 15) is 4.79 Å². The zero-order valence-electron chi connectivity index (χ0n) is 9.64. The number of nitrogens with one attached hydrogen (secondary N) is 1. The van der Waals surface area contributed by atoms with Gasteiger partial charge in [0.15, 0.2) is 5.69 Å². The minimum absolute atomic E-state index is 0.0433. The predicted octanol–water partition coefficient (Wildman–Crippen LogP) is 1.29. The van der Waals surface area contributed by atoms with E-state index >= 15 is 0 Å². The quantitative estimate of drug-likeness (QED) is 0.800. The number of aromatic amines is 1. The Labute approximate surface area is 98.5 Å². The van der Waals surface area contributed by atoms with Crippen LogP contribution in [0, 0.1) is 6.92 Å². The molecule has 5 heteroatoms. The van der Waals surface area contributed by atoms with E-state index in [4.69, 9.17) is 0 Å². The van der Waals surface area contributed by atoms with Crippen molar-refractivity contribution >= 4 is 5.91 Å². The molecule has 1 N–H and O–H groups in total. The summed E-state index contributed by atoms with van der Waals surface area (Å²) in [4.78, 5) is 17.8. The van der Waals surface area contributed by atoms with E-state index in [1.54, 1.807) is 24.3 Å². The van der Waals surface area contributed by atoms with Gasteiger partial charge in [0, 0.05) is 30.7 Å². The van der Waals surface area contributed by atoms with E-state index < -0.39 is 0 Å². The summed E-state index contributed by atoms with van der Waals surface area (Å²) >= 11 is 0. The van der Waals surface area contributed by atoms with Gasteiger partial charge < -0.3 is 4.90 Å². The number of hydrogen-bond donors (Lipinski definition) is 1. The van der Waals surface area contributed by atoms with Crippen molar-refractivity contribution in [1.82, 2.24) is 20.1 Å². The fraction of sp³-hybridized carbons (Fsp3) is 0.250. The van der Waals surface area contributed by atoms with Gasteiger partial charge in [-0.05, 0) is 18.6 Å². The molecule has 1 amide bonds. The van der Waals surface area contributed by atoms with Gasteiger partial charge in [-0.15, -0.1) is 0 Å². The maximum Gasteiger partial charge on any atom is 0.275 e. The van der Waals surface area contributed by atoms with Crippen LogP contribution in [0.25, 0.3) is 0 Å². The molecule has 86 valence electrons. The number of nitrogens with zero attached hydrogens (tertiary/aromatic N) is 3. The number of amides is 1. The predicted molar refractivity (Wildman–Crippen MR) is 61.5 cm³/mol. The molecule has 1 aliphatic heterocycles. The highest BCUT2D eigenvalue weighted by Crippen LogP contribution is 2.37. The minimum atomic E-state index is -0.0788. The number of aryl methyl sites for hydroxylation is 1. The molecular formula is C12H12N4O. The standard InChI is InChI=1S/C12H12N4O/c1-7-9-10(15-14-7)12(17)16(2)11(9)8-4-3-5-13-6-8/h3-6,11H,1-2H3,(H,14,15). The van der Waals surface area contributed by atoms with E-state index in [1.807, 2.05) is 19.1 Å². The average molecular weight is 228 g/mol. The molecule has 0 spiro atoms. The molecule has 2 aromatic rings. The minimum Gasteiger partial charge on any atom is -0.329 e. The van der Waals surface area contributed by atoms with Gasteiger partial charge in [-0.2, -0.15) is 5.10 Å². The van der Waals surface area contributed by atoms with Gasteiger partial charge in [0.25, 0.3) is 5.91 Å². The molecule has 17 heavy (non-hydrogen) atoms. The Hall–Kier alpha value is -2.17. The fourth-order valence-electron chi connectivity index (χ4n) is 2.34. The molecule has 1 atom stereocenters. The molecule has 1 unspecified atom stereocenters. The van der Waals surface area contributed by atoms with Gasteiger partial charge in [-0.1, -0.05) is 6.07 Å². The number of hydrogen-bond acceptors (Lipinski definition) is 3. The first-order valence-corrected chi connectivity index (χ1v) is 5.42. The van der Waals surface area contributed by atoms with E-state index in [1.165, 1.54) is 0 Å². The highest BCUT2D eigenvalue weighted by atomic mass is 16.2. The van der Waals surface area contributed by atoms with Crippen LogP contribution in [0.1, 0.15) is 33.4 Å². The Morgan fingerprint density at radius 2 is 2.29 bits per heavy atom. The monoisotopic (exact) mass is 228 g/mol. The number of carbonyl (C=O) groups is 1. The van der Waals surface area contributed by atoms with Crippen molar-refractivity contribution < 1.29 is 4.79 Å². The number of H-pyrrole nitrogens is 1.